The van der Waals surface area contributed by atoms with Crippen molar-refractivity contribution in [2.45, 2.75) is 0 Å². The molecule has 1 aromatic heterocycles. The number of hydrogen-bond acceptors (Lipinski definition) is 0. The van der Waals surface area contributed by atoms with Gasteiger partial charge in [-0.2, -0.15) is 0 Å². The van der Waals surface area contributed by atoms with E-state index in [2.05, 4.69) is 110 Å². The molecule has 0 radical (unpaired) electrons. The molecule has 21 heavy (non-hydrogen) atoms. The predicted octanol–water partition coefficient (Wildman–Crippen LogP) is 6.15. The quantitative estimate of drug-likeness (QED) is 0.308. The fourth-order valence-corrected chi connectivity index (χ4v) is 3.57. The topological polar surface area (TPSA) is 4.93 Å². The van der Waals surface area contributed by atoms with Crippen molar-refractivity contribution < 1.29 is 0 Å². The van der Waals surface area contributed by atoms with Crippen molar-refractivity contribution in [3.8, 4) is 5.69 Å². The Hall–Kier alpha value is -1.33. The molecule has 0 bridgehead atoms. The molecule has 0 saturated carbocycles. The van der Waals surface area contributed by atoms with Gasteiger partial charge in [-0.05, 0) is 71.1 Å². The maximum Gasteiger partial charge on any atom is 0.0541 e. The largest absolute Gasteiger partial charge is 0.309 e. The second-order valence-electron chi connectivity index (χ2n) is 4.99. The second-order valence-corrected chi connectivity index (χ2v) is 7.15. The molecule has 4 rings (SSSR count). The summed E-state index contributed by atoms with van der Waals surface area (Å²) < 4.78 is 4.69. The smallest absolute Gasteiger partial charge is 0.0541 e. The molecule has 4 aromatic rings. The van der Waals surface area contributed by atoms with E-state index in [0.29, 0.717) is 0 Å². The number of nitrogens with zero attached hydrogens (tertiary/aromatic N) is 1. The number of halogens is 2. The summed E-state index contributed by atoms with van der Waals surface area (Å²) in [5.74, 6) is 0. The van der Waals surface area contributed by atoms with Crippen LogP contribution in [0.5, 0.6) is 0 Å². The number of para-hydroxylation sites is 1. The number of hydrogen-bond donors (Lipinski definition) is 0. The summed E-state index contributed by atoms with van der Waals surface area (Å²) in [6.45, 7) is 0. The number of rotatable bonds is 1. The fraction of sp³-hybridized carbons (Fsp3) is 0. The predicted molar refractivity (Wildman–Crippen MR) is 101 cm³/mol. The van der Waals surface area contributed by atoms with E-state index in [0.717, 1.165) is 4.47 Å². The summed E-state index contributed by atoms with van der Waals surface area (Å²) in [7, 11) is 0. The summed E-state index contributed by atoms with van der Waals surface area (Å²) >= 11 is 5.88. The molecule has 0 fully saturated rings. The Bertz CT molecular complexity index is 954. The number of benzene rings is 3. The third-order valence-electron chi connectivity index (χ3n) is 3.72. The normalized spacial score (nSPS) is 11.3. The van der Waals surface area contributed by atoms with Crippen molar-refractivity contribution in [2.24, 2.45) is 0 Å². The first kappa shape index (κ1) is 13.3. The molecular weight excluding hydrogens is 437 g/mol. The van der Waals surface area contributed by atoms with E-state index < -0.39 is 0 Å². The van der Waals surface area contributed by atoms with Crippen molar-refractivity contribution in [2.75, 3.05) is 0 Å². The van der Waals surface area contributed by atoms with E-state index in [1.807, 2.05) is 0 Å². The van der Waals surface area contributed by atoms with E-state index in [9.17, 15) is 0 Å². The average molecular weight is 448 g/mol. The zero-order valence-electron chi connectivity index (χ0n) is 11.1. The Morgan fingerprint density at radius 2 is 1.48 bits per heavy atom. The van der Waals surface area contributed by atoms with Crippen molar-refractivity contribution in [3.63, 3.8) is 0 Å². The Morgan fingerprint density at radius 3 is 2.29 bits per heavy atom. The van der Waals surface area contributed by atoms with Crippen LogP contribution in [0.15, 0.2) is 71.2 Å². The van der Waals surface area contributed by atoms with Crippen LogP contribution in [0.3, 0.4) is 0 Å². The first-order valence-electron chi connectivity index (χ1n) is 6.69. The highest BCUT2D eigenvalue weighted by atomic mass is 127. The van der Waals surface area contributed by atoms with E-state index in [-0.39, 0.29) is 0 Å². The van der Waals surface area contributed by atoms with Gasteiger partial charge in [-0.3, -0.25) is 0 Å². The molecule has 1 heterocycles. The zero-order valence-corrected chi connectivity index (χ0v) is 14.8. The van der Waals surface area contributed by atoms with Gasteiger partial charge in [-0.1, -0.05) is 34.1 Å². The monoisotopic (exact) mass is 447 g/mol. The molecule has 0 spiro atoms. The Balaban J connectivity index is 2.17. The summed E-state index contributed by atoms with van der Waals surface area (Å²) in [6.07, 6.45) is 0. The highest BCUT2D eigenvalue weighted by Gasteiger charge is 2.11. The summed E-state index contributed by atoms with van der Waals surface area (Å²) in [6, 6.07) is 23.7. The molecule has 0 N–H and O–H groups in total. The van der Waals surface area contributed by atoms with Crippen LogP contribution in [0.2, 0.25) is 0 Å². The zero-order chi connectivity index (χ0) is 14.4. The van der Waals surface area contributed by atoms with E-state index in [1.54, 1.807) is 0 Å². The molecule has 0 aliphatic rings. The first-order valence-corrected chi connectivity index (χ1v) is 8.56. The van der Waals surface area contributed by atoms with E-state index in [1.165, 1.54) is 31.1 Å². The van der Waals surface area contributed by atoms with Gasteiger partial charge in [0.2, 0.25) is 0 Å². The minimum atomic E-state index is 1.10. The first-order chi connectivity index (χ1) is 10.2. The lowest BCUT2D eigenvalue weighted by molar-refractivity contribution is 1.18. The van der Waals surface area contributed by atoms with Crippen LogP contribution in [0.25, 0.3) is 27.5 Å². The third-order valence-corrected chi connectivity index (χ3v) is 4.92. The van der Waals surface area contributed by atoms with Crippen LogP contribution in [0.4, 0.5) is 0 Å². The molecular formula is C18H11BrIN. The van der Waals surface area contributed by atoms with Gasteiger partial charge in [0.25, 0.3) is 0 Å². The van der Waals surface area contributed by atoms with Crippen LogP contribution in [0.1, 0.15) is 0 Å². The average Bonchev–Trinajstić information content (AvgIpc) is 2.82. The maximum atomic E-state index is 3.51. The molecule has 0 saturated heterocycles. The lowest BCUT2D eigenvalue weighted by Gasteiger charge is -2.07. The van der Waals surface area contributed by atoms with Crippen molar-refractivity contribution >= 4 is 60.3 Å². The minimum Gasteiger partial charge on any atom is -0.309 e. The van der Waals surface area contributed by atoms with Gasteiger partial charge in [0, 0.05) is 24.5 Å². The highest BCUT2D eigenvalue weighted by molar-refractivity contribution is 14.1. The fourth-order valence-electron chi connectivity index (χ4n) is 2.81. The molecule has 0 aliphatic heterocycles. The van der Waals surface area contributed by atoms with Crippen LogP contribution >= 0.6 is 38.5 Å². The Kier molecular flexibility index (Phi) is 3.27. The highest BCUT2D eigenvalue weighted by Crippen LogP contribution is 2.33. The standard InChI is InChI=1S/C18H11BrIN/c19-12-5-8-14(9-6-12)21-17-4-2-1-3-15(17)16-11-13(20)7-10-18(16)21/h1-11H. The molecule has 3 heteroatoms. The second kappa shape index (κ2) is 5.14. The van der Waals surface area contributed by atoms with Gasteiger partial charge in [-0.15, -0.1) is 0 Å². The minimum absolute atomic E-state index is 1.10. The molecule has 102 valence electrons. The van der Waals surface area contributed by atoms with Crippen LogP contribution in [0, 0.1) is 3.57 Å². The van der Waals surface area contributed by atoms with Gasteiger partial charge in [0.05, 0.1) is 11.0 Å². The van der Waals surface area contributed by atoms with Crippen molar-refractivity contribution in [1.29, 1.82) is 0 Å². The van der Waals surface area contributed by atoms with Gasteiger partial charge in [-0.25, -0.2) is 0 Å². The third kappa shape index (κ3) is 2.19. The molecule has 0 unspecified atom stereocenters. The van der Waals surface area contributed by atoms with Crippen LogP contribution in [-0.2, 0) is 0 Å². The van der Waals surface area contributed by atoms with E-state index in [4.69, 9.17) is 0 Å². The lowest BCUT2D eigenvalue weighted by Crippen LogP contribution is -1.93. The van der Waals surface area contributed by atoms with Crippen molar-refractivity contribution in [1.82, 2.24) is 4.57 Å². The van der Waals surface area contributed by atoms with Gasteiger partial charge in [0.1, 0.15) is 0 Å². The van der Waals surface area contributed by atoms with Gasteiger partial charge >= 0.3 is 0 Å². The SMILES string of the molecule is Brc1ccc(-n2c3ccccc3c3cc(I)ccc32)cc1. The summed E-state index contributed by atoms with van der Waals surface area (Å²) in [5.41, 5.74) is 3.68. The molecule has 3 aromatic carbocycles. The number of aromatic nitrogens is 1. The van der Waals surface area contributed by atoms with E-state index >= 15 is 0 Å². The summed E-state index contributed by atoms with van der Waals surface area (Å²) in [5, 5.41) is 2.61. The maximum absolute atomic E-state index is 3.51. The molecule has 1 nitrogen and oxygen atoms in total. The Morgan fingerprint density at radius 1 is 0.762 bits per heavy atom. The van der Waals surface area contributed by atoms with Crippen LogP contribution in [-0.4, -0.2) is 4.57 Å². The molecule has 0 aliphatic carbocycles. The summed E-state index contributed by atoms with van der Waals surface area (Å²) in [4.78, 5) is 0. The lowest BCUT2D eigenvalue weighted by atomic mass is 10.2. The van der Waals surface area contributed by atoms with Crippen molar-refractivity contribution in [3.05, 3.63) is 74.8 Å². The van der Waals surface area contributed by atoms with Gasteiger partial charge < -0.3 is 4.57 Å². The van der Waals surface area contributed by atoms with Gasteiger partial charge in [0.15, 0.2) is 0 Å². The molecule has 0 amide bonds. The Labute approximate surface area is 144 Å². The van der Waals surface area contributed by atoms with Crippen LogP contribution < -0.4 is 0 Å². The number of fused-ring (bicyclic) bond motifs is 3. The molecule has 0 atom stereocenters.